The van der Waals surface area contributed by atoms with E-state index < -0.39 is 5.97 Å². The molecule has 0 fully saturated rings. The summed E-state index contributed by atoms with van der Waals surface area (Å²) in [6, 6.07) is 0. The number of carbonyl (C=O) groups is 1. The van der Waals surface area contributed by atoms with E-state index in [4.69, 9.17) is 14.2 Å². The minimum atomic E-state index is -0.460. The number of phenolic OH excluding ortho intramolecular Hbond substituents is 1. The van der Waals surface area contributed by atoms with Gasteiger partial charge in [0.15, 0.2) is 11.5 Å². The molecule has 0 spiro atoms. The van der Waals surface area contributed by atoms with E-state index in [1.54, 1.807) is 13.8 Å². The van der Waals surface area contributed by atoms with Crippen LogP contribution in [0.4, 0.5) is 0 Å². The number of esters is 1. The summed E-state index contributed by atoms with van der Waals surface area (Å²) >= 11 is 0. The quantitative estimate of drug-likeness (QED) is 0.646. The average molecular weight is 240 g/mol. The van der Waals surface area contributed by atoms with Crippen molar-refractivity contribution in [2.75, 3.05) is 14.2 Å². The molecule has 1 rings (SSSR count). The predicted octanol–water partition coefficient (Wildman–Crippen LogP) is 1.95. The van der Waals surface area contributed by atoms with Crippen molar-refractivity contribution in [2.45, 2.75) is 20.8 Å². The first-order valence-electron chi connectivity index (χ1n) is 5.06. The molecule has 0 aliphatic rings. The second-order valence-electron chi connectivity index (χ2n) is 3.59. The van der Waals surface area contributed by atoms with Crippen molar-refractivity contribution in [3.05, 3.63) is 11.1 Å². The lowest BCUT2D eigenvalue weighted by Crippen LogP contribution is -2.06. The summed E-state index contributed by atoms with van der Waals surface area (Å²) in [5, 5.41) is 9.90. The minimum absolute atomic E-state index is 0.0160. The van der Waals surface area contributed by atoms with Crippen molar-refractivity contribution < 1.29 is 24.1 Å². The summed E-state index contributed by atoms with van der Waals surface area (Å²) in [6.45, 7) is 4.74. The van der Waals surface area contributed by atoms with Crippen LogP contribution in [0.5, 0.6) is 23.0 Å². The summed E-state index contributed by atoms with van der Waals surface area (Å²) in [5.41, 5.74) is 1.22. The molecule has 0 aliphatic heterocycles. The van der Waals surface area contributed by atoms with E-state index in [2.05, 4.69) is 0 Å². The number of phenols is 1. The normalized spacial score (nSPS) is 9.94. The van der Waals surface area contributed by atoms with E-state index in [1.165, 1.54) is 21.1 Å². The zero-order valence-electron chi connectivity index (χ0n) is 10.6. The third-order valence-electron chi connectivity index (χ3n) is 2.54. The van der Waals surface area contributed by atoms with Crippen LogP contribution >= 0.6 is 0 Å². The monoisotopic (exact) mass is 240 g/mol. The minimum Gasteiger partial charge on any atom is -0.504 e. The lowest BCUT2D eigenvalue weighted by Gasteiger charge is -2.18. The Kier molecular flexibility index (Phi) is 3.83. The van der Waals surface area contributed by atoms with E-state index in [-0.39, 0.29) is 23.0 Å². The van der Waals surface area contributed by atoms with E-state index in [0.29, 0.717) is 11.1 Å². The maximum atomic E-state index is 11.0. The number of aromatic hydroxyl groups is 1. The van der Waals surface area contributed by atoms with Crippen LogP contribution in [0.2, 0.25) is 0 Å². The van der Waals surface area contributed by atoms with Crippen LogP contribution < -0.4 is 14.2 Å². The van der Waals surface area contributed by atoms with Gasteiger partial charge in [0.05, 0.1) is 14.2 Å². The van der Waals surface area contributed by atoms with Gasteiger partial charge in [-0.25, -0.2) is 0 Å². The highest BCUT2D eigenvalue weighted by Gasteiger charge is 2.23. The lowest BCUT2D eigenvalue weighted by molar-refractivity contribution is -0.132. The standard InChI is InChI=1S/C12H16O5/c1-6-7(2)10(17-8(3)13)12(16-5)11(15-4)9(6)14/h14H,1-5H3. The number of benzene rings is 1. The molecule has 0 bridgehead atoms. The molecule has 94 valence electrons. The van der Waals surface area contributed by atoms with Crippen molar-refractivity contribution in [1.29, 1.82) is 0 Å². The molecule has 0 saturated heterocycles. The highest BCUT2D eigenvalue weighted by molar-refractivity contribution is 5.74. The van der Waals surface area contributed by atoms with Gasteiger partial charge in [-0.05, 0) is 13.8 Å². The van der Waals surface area contributed by atoms with Crippen LogP contribution in [0.15, 0.2) is 0 Å². The lowest BCUT2D eigenvalue weighted by atomic mass is 10.1. The van der Waals surface area contributed by atoms with Crippen molar-refractivity contribution in [1.82, 2.24) is 0 Å². The number of hydrogen-bond donors (Lipinski definition) is 1. The highest BCUT2D eigenvalue weighted by Crippen LogP contribution is 2.48. The molecular weight excluding hydrogens is 224 g/mol. The third-order valence-corrected chi connectivity index (χ3v) is 2.54. The maximum Gasteiger partial charge on any atom is 0.308 e. The number of hydrogen-bond acceptors (Lipinski definition) is 5. The predicted molar refractivity (Wildman–Crippen MR) is 62.0 cm³/mol. The van der Waals surface area contributed by atoms with Crippen LogP contribution in [0.25, 0.3) is 0 Å². The summed E-state index contributed by atoms with van der Waals surface area (Å²) in [5.74, 6) is 0.165. The average Bonchev–Trinajstić information content (AvgIpc) is 2.29. The smallest absolute Gasteiger partial charge is 0.308 e. The molecule has 1 N–H and O–H groups in total. The Balaban J connectivity index is 3.55. The Morgan fingerprint density at radius 3 is 1.94 bits per heavy atom. The van der Waals surface area contributed by atoms with E-state index in [1.807, 2.05) is 0 Å². The van der Waals surface area contributed by atoms with Crippen molar-refractivity contribution in [3.8, 4) is 23.0 Å². The van der Waals surface area contributed by atoms with E-state index in [9.17, 15) is 9.90 Å². The molecule has 5 heteroatoms. The summed E-state index contributed by atoms with van der Waals surface area (Å²) < 4.78 is 15.3. The third kappa shape index (κ3) is 2.27. The molecule has 5 nitrogen and oxygen atoms in total. The number of rotatable bonds is 3. The Morgan fingerprint density at radius 2 is 1.53 bits per heavy atom. The molecule has 0 radical (unpaired) electrons. The van der Waals surface area contributed by atoms with Crippen LogP contribution in [-0.4, -0.2) is 25.3 Å². The Labute approximate surface area is 99.9 Å². The van der Waals surface area contributed by atoms with Gasteiger partial charge < -0.3 is 19.3 Å². The van der Waals surface area contributed by atoms with Crippen LogP contribution in [0.1, 0.15) is 18.1 Å². The Hall–Kier alpha value is -1.91. The molecule has 1 aromatic carbocycles. The second-order valence-corrected chi connectivity index (χ2v) is 3.59. The Morgan fingerprint density at radius 1 is 1.00 bits per heavy atom. The fraction of sp³-hybridized carbons (Fsp3) is 0.417. The van der Waals surface area contributed by atoms with Crippen molar-refractivity contribution in [3.63, 3.8) is 0 Å². The molecule has 0 aliphatic carbocycles. The first kappa shape index (κ1) is 13.2. The van der Waals surface area contributed by atoms with Gasteiger partial charge in [-0.2, -0.15) is 0 Å². The van der Waals surface area contributed by atoms with Gasteiger partial charge in [-0.15, -0.1) is 0 Å². The first-order valence-corrected chi connectivity index (χ1v) is 5.06. The summed E-state index contributed by atoms with van der Waals surface area (Å²) in [7, 11) is 2.82. The van der Waals surface area contributed by atoms with Gasteiger partial charge in [0, 0.05) is 18.1 Å². The number of carbonyl (C=O) groups excluding carboxylic acids is 1. The van der Waals surface area contributed by atoms with E-state index >= 15 is 0 Å². The molecule has 1 aromatic rings. The van der Waals surface area contributed by atoms with Crippen molar-refractivity contribution >= 4 is 5.97 Å². The molecule has 0 saturated carbocycles. The highest BCUT2D eigenvalue weighted by atomic mass is 16.6. The van der Waals surface area contributed by atoms with Gasteiger partial charge >= 0.3 is 5.97 Å². The topological polar surface area (TPSA) is 65.0 Å². The molecule has 0 heterocycles. The second kappa shape index (κ2) is 4.95. The maximum absolute atomic E-state index is 11.0. The number of methoxy groups -OCH3 is 2. The Bertz CT molecular complexity index is 451. The van der Waals surface area contributed by atoms with Gasteiger partial charge in [-0.1, -0.05) is 0 Å². The summed E-state index contributed by atoms with van der Waals surface area (Å²) in [6.07, 6.45) is 0. The zero-order valence-corrected chi connectivity index (χ0v) is 10.6. The van der Waals surface area contributed by atoms with Gasteiger partial charge in [0.25, 0.3) is 0 Å². The molecule has 0 atom stereocenters. The molecule has 17 heavy (non-hydrogen) atoms. The SMILES string of the molecule is COc1c(O)c(C)c(C)c(OC(C)=O)c1OC. The molecule has 0 aromatic heterocycles. The zero-order chi connectivity index (χ0) is 13.2. The molecule has 0 amide bonds. The largest absolute Gasteiger partial charge is 0.504 e. The van der Waals surface area contributed by atoms with Gasteiger partial charge in [0.2, 0.25) is 11.5 Å². The fourth-order valence-electron chi connectivity index (χ4n) is 1.54. The molecular formula is C12H16O5. The van der Waals surface area contributed by atoms with Crippen LogP contribution in [-0.2, 0) is 4.79 Å². The van der Waals surface area contributed by atoms with Crippen LogP contribution in [0.3, 0.4) is 0 Å². The van der Waals surface area contributed by atoms with E-state index in [0.717, 1.165) is 0 Å². The molecule has 0 unspecified atom stereocenters. The van der Waals surface area contributed by atoms with Crippen molar-refractivity contribution in [2.24, 2.45) is 0 Å². The van der Waals surface area contributed by atoms with Gasteiger partial charge in [-0.3, -0.25) is 4.79 Å². The summed E-state index contributed by atoms with van der Waals surface area (Å²) in [4.78, 5) is 11.0. The fourth-order valence-corrected chi connectivity index (χ4v) is 1.54. The van der Waals surface area contributed by atoms with Gasteiger partial charge in [0.1, 0.15) is 0 Å². The van der Waals surface area contributed by atoms with Crippen LogP contribution in [0, 0.1) is 13.8 Å². The number of ether oxygens (including phenoxy) is 3. The first-order chi connectivity index (χ1) is 7.93.